The van der Waals surface area contributed by atoms with Crippen LogP contribution in [0.2, 0.25) is 0 Å². The summed E-state index contributed by atoms with van der Waals surface area (Å²) in [5.74, 6) is -0.336. The van der Waals surface area contributed by atoms with E-state index in [-0.39, 0.29) is 22.3 Å². The van der Waals surface area contributed by atoms with Crippen molar-refractivity contribution in [3.8, 4) is 11.3 Å². The van der Waals surface area contributed by atoms with E-state index in [0.29, 0.717) is 5.56 Å². The van der Waals surface area contributed by atoms with E-state index in [2.05, 4.69) is 15.5 Å². The second-order valence-corrected chi connectivity index (χ2v) is 7.84. The van der Waals surface area contributed by atoms with Crippen LogP contribution in [0.4, 0.5) is 11.4 Å². The smallest absolute Gasteiger partial charge is 0.293 e. The molecular formula is C23H22N4O5S. The maximum atomic E-state index is 12.5. The third kappa shape index (κ3) is 5.80. The van der Waals surface area contributed by atoms with Crippen molar-refractivity contribution in [1.82, 2.24) is 10.2 Å². The minimum absolute atomic E-state index is 0.00633. The Morgan fingerprint density at radius 2 is 1.79 bits per heavy atom. The molecule has 1 saturated heterocycles. The highest BCUT2D eigenvalue weighted by atomic mass is 32.1. The van der Waals surface area contributed by atoms with Gasteiger partial charge in [-0.2, -0.15) is 0 Å². The lowest BCUT2D eigenvalue weighted by Crippen LogP contribution is -2.35. The number of anilines is 1. The number of furan rings is 1. The van der Waals surface area contributed by atoms with Gasteiger partial charge in [0.1, 0.15) is 5.76 Å². The summed E-state index contributed by atoms with van der Waals surface area (Å²) in [6, 6.07) is 16.9. The second kappa shape index (κ2) is 10.3. The molecule has 1 amide bonds. The van der Waals surface area contributed by atoms with Gasteiger partial charge in [-0.1, -0.05) is 24.3 Å². The van der Waals surface area contributed by atoms with E-state index < -0.39 is 10.8 Å². The van der Waals surface area contributed by atoms with Gasteiger partial charge in [0.25, 0.3) is 11.6 Å². The average molecular weight is 467 g/mol. The molecule has 2 aromatic carbocycles. The molecule has 10 heteroatoms. The summed E-state index contributed by atoms with van der Waals surface area (Å²) in [5, 5.41) is 16.9. The number of carbonyl (C=O) groups excluding carboxylic acids is 1. The number of hydrogen-bond donors (Lipinski definition) is 2. The summed E-state index contributed by atoms with van der Waals surface area (Å²) in [4.78, 5) is 25.6. The molecule has 0 aliphatic carbocycles. The van der Waals surface area contributed by atoms with Crippen LogP contribution in [0.5, 0.6) is 0 Å². The fourth-order valence-corrected chi connectivity index (χ4v) is 3.69. The number of morpholine rings is 1. The molecule has 170 valence electrons. The van der Waals surface area contributed by atoms with Crippen LogP contribution in [0.3, 0.4) is 0 Å². The van der Waals surface area contributed by atoms with Gasteiger partial charge in [-0.05, 0) is 48.1 Å². The van der Waals surface area contributed by atoms with Gasteiger partial charge < -0.3 is 14.5 Å². The van der Waals surface area contributed by atoms with E-state index in [1.54, 1.807) is 18.2 Å². The highest BCUT2D eigenvalue weighted by Gasteiger charge is 2.19. The van der Waals surface area contributed by atoms with Crippen molar-refractivity contribution in [2.45, 2.75) is 6.54 Å². The monoisotopic (exact) mass is 466 g/mol. The summed E-state index contributed by atoms with van der Waals surface area (Å²) in [7, 11) is 0. The van der Waals surface area contributed by atoms with E-state index in [1.165, 1.54) is 23.8 Å². The minimum Gasteiger partial charge on any atom is -0.451 e. The van der Waals surface area contributed by atoms with Gasteiger partial charge in [-0.15, -0.1) is 0 Å². The molecule has 0 atom stereocenters. The van der Waals surface area contributed by atoms with Crippen molar-refractivity contribution in [1.29, 1.82) is 0 Å². The average Bonchev–Trinajstić information content (AvgIpc) is 3.31. The van der Waals surface area contributed by atoms with Crippen molar-refractivity contribution in [3.05, 3.63) is 82.1 Å². The number of nitrogens with zero attached hydrogens (tertiary/aromatic N) is 2. The Labute approximate surface area is 195 Å². The van der Waals surface area contributed by atoms with Crippen molar-refractivity contribution >= 4 is 34.6 Å². The SMILES string of the molecule is O=C(NC(=S)Nc1ccc(CN2CCOCC2)cc1)c1ccc(-c2ccccc2[N+](=O)[O-])o1. The highest BCUT2D eigenvalue weighted by molar-refractivity contribution is 7.80. The normalized spacial score (nSPS) is 13.9. The van der Waals surface area contributed by atoms with Gasteiger partial charge in [0.15, 0.2) is 10.9 Å². The van der Waals surface area contributed by atoms with Gasteiger partial charge in [-0.3, -0.25) is 25.1 Å². The topological polar surface area (TPSA) is 110 Å². The Morgan fingerprint density at radius 1 is 1.06 bits per heavy atom. The third-order valence-electron chi connectivity index (χ3n) is 5.14. The molecule has 2 heterocycles. The van der Waals surface area contributed by atoms with Gasteiger partial charge in [0, 0.05) is 31.4 Å². The number of nitrogens with one attached hydrogen (secondary N) is 2. The molecule has 0 unspecified atom stereocenters. The van der Waals surface area contributed by atoms with E-state index in [4.69, 9.17) is 21.4 Å². The van der Waals surface area contributed by atoms with Crippen LogP contribution < -0.4 is 10.6 Å². The Hall–Kier alpha value is -3.60. The highest BCUT2D eigenvalue weighted by Crippen LogP contribution is 2.30. The van der Waals surface area contributed by atoms with Crippen molar-refractivity contribution in [3.63, 3.8) is 0 Å². The zero-order chi connectivity index (χ0) is 23.2. The molecule has 0 spiro atoms. The molecule has 0 saturated carbocycles. The van der Waals surface area contributed by atoms with E-state index >= 15 is 0 Å². The maximum absolute atomic E-state index is 12.5. The van der Waals surface area contributed by atoms with Crippen LogP contribution in [0.1, 0.15) is 16.1 Å². The molecule has 9 nitrogen and oxygen atoms in total. The van der Waals surface area contributed by atoms with Crippen LogP contribution in [0, 0.1) is 10.1 Å². The fourth-order valence-electron chi connectivity index (χ4n) is 3.48. The molecular weight excluding hydrogens is 444 g/mol. The number of para-hydroxylation sites is 1. The number of nitro groups is 1. The summed E-state index contributed by atoms with van der Waals surface area (Å²) in [5.41, 5.74) is 2.11. The van der Waals surface area contributed by atoms with Crippen molar-refractivity contribution in [2.75, 3.05) is 31.6 Å². The lowest BCUT2D eigenvalue weighted by Gasteiger charge is -2.26. The predicted octanol–water partition coefficient (Wildman–Crippen LogP) is 3.81. The standard InChI is InChI=1S/C23H22N4O5S/c28-22(21-10-9-20(32-21)18-3-1-2-4-19(18)27(29)30)25-23(33)24-17-7-5-16(6-8-17)15-26-11-13-31-14-12-26/h1-10H,11-15H2,(H2,24,25,28,33). The third-order valence-corrected chi connectivity index (χ3v) is 5.35. The molecule has 3 aromatic rings. The molecule has 1 aromatic heterocycles. The molecule has 0 bridgehead atoms. The summed E-state index contributed by atoms with van der Waals surface area (Å²) in [6.07, 6.45) is 0. The number of ether oxygens (including phenoxy) is 1. The summed E-state index contributed by atoms with van der Waals surface area (Å²) >= 11 is 5.24. The minimum atomic E-state index is -0.554. The summed E-state index contributed by atoms with van der Waals surface area (Å²) < 4.78 is 10.9. The van der Waals surface area contributed by atoms with Crippen molar-refractivity contribution < 1.29 is 18.9 Å². The maximum Gasteiger partial charge on any atom is 0.293 e. The largest absolute Gasteiger partial charge is 0.451 e. The first-order valence-electron chi connectivity index (χ1n) is 10.3. The van der Waals surface area contributed by atoms with E-state index in [1.807, 2.05) is 24.3 Å². The molecule has 4 rings (SSSR count). The zero-order valence-electron chi connectivity index (χ0n) is 17.7. The van der Waals surface area contributed by atoms with Crippen molar-refractivity contribution in [2.24, 2.45) is 0 Å². The van der Waals surface area contributed by atoms with Gasteiger partial charge in [0.2, 0.25) is 0 Å². The zero-order valence-corrected chi connectivity index (χ0v) is 18.5. The Balaban J connectivity index is 1.34. The number of nitro benzene ring substituents is 1. The van der Waals surface area contributed by atoms with Gasteiger partial charge >= 0.3 is 0 Å². The second-order valence-electron chi connectivity index (χ2n) is 7.43. The number of hydrogen-bond acceptors (Lipinski definition) is 7. The molecule has 1 aliphatic rings. The Morgan fingerprint density at radius 3 is 2.52 bits per heavy atom. The molecule has 2 N–H and O–H groups in total. The quantitative estimate of drug-likeness (QED) is 0.321. The van der Waals surface area contributed by atoms with Gasteiger partial charge in [0.05, 0.1) is 23.7 Å². The molecule has 1 fully saturated rings. The predicted molar refractivity (Wildman–Crippen MR) is 127 cm³/mol. The number of amides is 1. The van der Waals surface area contributed by atoms with Crippen LogP contribution in [-0.4, -0.2) is 47.1 Å². The first-order valence-corrected chi connectivity index (χ1v) is 10.8. The Bertz CT molecular complexity index is 1160. The first kappa shape index (κ1) is 22.6. The van der Waals surface area contributed by atoms with Crippen LogP contribution in [-0.2, 0) is 11.3 Å². The number of thiocarbonyl (C=S) groups is 1. The number of carbonyl (C=O) groups is 1. The molecule has 0 radical (unpaired) electrons. The van der Waals surface area contributed by atoms with E-state index in [0.717, 1.165) is 38.5 Å². The van der Waals surface area contributed by atoms with Crippen LogP contribution >= 0.6 is 12.2 Å². The first-order chi connectivity index (χ1) is 16.0. The molecule has 33 heavy (non-hydrogen) atoms. The lowest BCUT2D eigenvalue weighted by molar-refractivity contribution is -0.384. The van der Waals surface area contributed by atoms with Gasteiger partial charge in [-0.25, -0.2) is 0 Å². The number of benzene rings is 2. The lowest BCUT2D eigenvalue weighted by atomic mass is 10.1. The number of rotatable bonds is 6. The fraction of sp³-hybridized carbons (Fsp3) is 0.217. The Kier molecular flexibility index (Phi) is 7.08. The van der Waals surface area contributed by atoms with Crippen LogP contribution in [0.15, 0.2) is 65.1 Å². The van der Waals surface area contributed by atoms with Crippen LogP contribution in [0.25, 0.3) is 11.3 Å². The summed E-state index contributed by atoms with van der Waals surface area (Å²) in [6.45, 7) is 4.20. The van der Waals surface area contributed by atoms with E-state index in [9.17, 15) is 14.9 Å². The molecule has 1 aliphatic heterocycles.